The second-order valence-corrected chi connectivity index (χ2v) is 9.22. The van der Waals surface area contributed by atoms with Gasteiger partial charge in [0.2, 0.25) is 0 Å². The Morgan fingerprint density at radius 3 is 2.61 bits per heavy atom. The van der Waals surface area contributed by atoms with E-state index < -0.39 is 11.6 Å². The number of morpholine rings is 1. The van der Waals surface area contributed by atoms with Crippen LogP contribution in [0.1, 0.15) is 22.3 Å². The number of ether oxygens (including phenoxy) is 1. The number of halogens is 2. The third-order valence-electron chi connectivity index (χ3n) is 6.58. The van der Waals surface area contributed by atoms with Crippen LogP contribution in [0.25, 0.3) is 11.0 Å². The molecule has 8 nitrogen and oxygen atoms in total. The van der Waals surface area contributed by atoms with Crippen LogP contribution >= 0.6 is 0 Å². The van der Waals surface area contributed by atoms with Gasteiger partial charge >= 0.3 is 0 Å². The Morgan fingerprint density at radius 1 is 1.06 bits per heavy atom. The summed E-state index contributed by atoms with van der Waals surface area (Å²) in [5.74, 6) is -0.589. The zero-order valence-corrected chi connectivity index (χ0v) is 20.3. The second-order valence-electron chi connectivity index (χ2n) is 9.22. The van der Waals surface area contributed by atoms with Gasteiger partial charge in [0.25, 0.3) is 5.91 Å². The summed E-state index contributed by atoms with van der Waals surface area (Å²) in [6, 6.07) is 7.08. The Balaban J connectivity index is 1.54. The van der Waals surface area contributed by atoms with Crippen molar-refractivity contribution in [2.45, 2.75) is 13.0 Å². The van der Waals surface area contributed by atoms with E-state index in [1.807, 2.05) is 22.9 Å². The Morgan fingerprint density at radius 2 is 1.83 bits per heavy atom. The summed E-state index contributed by atoms with van der Waals surface area (Å²) in [5, 5.41) is 3.32. The number of carbonyl (C=O) groups excluding carboxylic acids is 1. The van der Waals surface area contributed by atoms with Crippen LogP contribution in [0.5, 0.6) is 0 Å². The van der Waals surface area contributed by atoms with Crippen LogP contribution in [0.2, 0.25) is 0 Å². The van der Waals surface area contributed by atoms with E-state index in [-0.39, 0.29) is 12.5 Å². The van der Waals surface area contributed by atoms with Crippen molar-refractivity contribution < 1.29 is 18.3 Å². The number of anilines is 2. The molecule has 5 rings (SSSR count). The molecule has 3 aromatic rings. The van der Waals surface area contributed by atoms with Crippen LogP contribution in [0.4, 0.5) is 20.3 Å². The van der Waals surface area contributed by atoms with Gasteiger partial charge in [0.15, 0.2) is 0 Å². The lowest BCUT2D eigenvalue weighted by Crippen LogP contribution is -2.36. The number of amides is 1. The molecule has 2 aliphatic heterocycles. The molecular formula is C26H30F2N6O2. The highest BCUT2D eigenvalue weighted by atomic mass is 19.1. The van der Waals surface area contributed by atoms with E-state index in [1.54, 1.807) is 12.3 Å². The largest absolute Gasteiger partial charge is 0.378 e. The first kappa shape index (κ1) is 24.3. The van der Waals surface area contributed by atoms with Gasteiger partial charge in [0.05, 0.1) is 30.6 Å². The van der Waals surface area contributed by atoms with Gasteiger partial charge in [0.1, 0.15) is 23.0 Å². The summed E-state index contributed by atoms with van der Waals surface area (Å²) in [4.78, 5) is 28.8. The Labute approximate surface area is 208 Å². The lowest BCUT2D eigenvalue weighted by Gasteiger charge is -2.28. The molecule has 0 saturated carbocycles. The van der Waals surface area contributed by atoms with Crippen molar-refractivity contribution in [3.8, 4) is 0 Å². The molecule has 0 spiro atoms. The van der Waals surface area contributed by atoms with Crippen molar-refractivity contribution in [1.82, 2.24) is 20.2 Å². The van der Waals surface area contributed by atoms with E-state index in [4.69, 9.17) is 9.72 Å². The van der Waals surface area contributed by atoms with Gasteiger partial charge in [-0.2, -0.15) is 0 Å². The minimum atomic E-state index is -0.628. The van der Waals surface area contributed by atoms with Crippen LogP contribution < -0.4 is 15.1 Å². The van der Waals surface area contributed by atoms with Crippen molar-refractivity contribution in [3.05, 3.63) is 59.3 Å². The van der Waals surface area contributed by atoms with E-state index in [9.17, 15) is 13.6 Å². The molecule has 0 bridgehead atoms. The molecule has 2 fully saturated rings. The Bertz CT molecular complexity index is 1220. The first-order valence-corrected chi connectivity index (χ1v) is 12.3. The minimum Gasteiger partial charge on any atom is -0.378 e. The molecule has 1 amide bonds. The molecule has 1 aromatic heterocycles. The monoisotopic (exact) mass is 496 g/mol. The normalized spacial score (nSPS) is 16.8. The molecule has 2 aromatic carbocycles. The topological polar surface area (TPSA) is 73.8 Å². The number of benzene rings is 2. The minimum absolute atomic E-state index is 0.0638. The van der Waals surface area contributed by atoms with Gasteiger partial charge in [-0.1, -0.05) is 0 Å². The second kappa shape index (κ2) is 10.7. The fraction of sp³-hybridized carbons (Fsp3) is 0.423. The lowest BCUT2D eigenvalue weighted by molar-refractivity contribution is 0.0766. The third-order valence-corrected chi connectivity index (χ3v) is 6.58. The van der Waals surface area contributed by atoms with Gasteiger partial charge in [-0.25, -0.2) is 13.8 Å². The molecule has 0 atom stereocenters. The molecule has 0 unspecified atom stereocenters. The molecule has 2 aliphatic rings. The summed E-state index contributed by atoms with van der Waals surface area (Å²) in [5.41, 5.74) is 2.91. The maximum absolute atomic E-state index is 13.8. The highest BCUT2D eigenvalue weighted by molar-refractivity contribution is 6.01. The zero-order valence-electron chi connectivity index (χ0n) is 20.3. The predicted molar refractivity (Wildman–Crippen MR) is 134 cm³/mol. The molecule has 0 radical (unpaired) electrons. The van der Waals surface area contributed by atoms with Crippen molar-refractivity contribution in [3.63, 3.8) is 0 Å². The molecule has 36 heavy (non-hydrogen) atoms. The number of carbonyl (C=O) groups is 1. The number of fused-ring (bicyclic) bond motifs is 1. The van der Waals surface area contributed by atoms with Crippen LogP contribution in [0.15, 0.2) is 36.5 Å². The highest BCUT2D eigenvalue weighted by Crippen LogP contribution is 2.30. The average Bonchev–Trinajstić information content (AvgIpc) is 3.17. The Kier molecular flexibility index (Phi) is 7.24. The summed E-state index contributed by atoms with van der Waals surface area (Å²) < 4.78 is 33.2. The van der Waals surface area contributed by atoms with Crippen LogP contribution in [0, 0.1) is 11.6 Å². The number of hydrogen-bond donors (Lipinski definition) is 1. The molecule has 190 valence electrons. The number of nitrogens with zero attached hydrogens (tertiary/aromatic N) is 5. The summed E-state index contributed by atoms with van der Waals surface area (Å²) in [7, 11) is 1.82. The van der Waals surface area contributed by atoms with E-state index >= 15 is 0 Å². The first-order chi connectivity index (χ1) is 17.5. The van der Waals surface area contributed by atoms with Crippen molar-refractivity contribution >= 4 is 28.4 Å². The SMILES string of the molecule is CN(Cc1cc(F)cc(F)c1)c1cc(C(=O)N2CCCNCC2)cc2ncc(N3CCOCC3)nc12. The maximum atomic E-state index is 13.8. The fourth-order valence-corrected chi connectivity index (χ4v) is 4.74. The van der Waals surface area contributed by atoms with E-state index in [2.05, 4.69) is 15.2 Å². The number of rotatable bonds is 5. The summed E-state index contributed by atoms with van der Waals surface area (Å²) in [6.07, 6.45) is 2.61. The molecular weight excluding hydrogens is 466 g/mol. The van der Waals surface area contributed by atoms with Gasteiger partial charge in [-0.15, -0.1) is 0 Å². The van der Waals surface area contributed by atoms with Crippen molar-refractivity contribution in [2.24, 2.45) is 0 Å². The summed E-state index contributed by atoms with van der Waals surface area (Å²) in [6.45, 7) is 5.85. The van der Waals surface area contributed by atoms with Crippen LogP contribution in [-0.4, -0.2) is 80.3 Å². The predicted octanol–water partition coefficient (Wildman–Crippen LogP) is 2.82. The van der Waals surface area contributed by atoms with Crippen molar-refractivity contribution in [2.75, 3.05) is 69.3 Å². The first-order valence-electron chi connectivity index (χ1n) is 12.3. The molecule has 2 saturated heterocycles. The van der Waals surface area contributed by atoms with E-state index in [1.165, 1.54) is 12.1 Å². The molecule has 10 heteroatoms. The average molecular weight is 497 g/mol. The van der Waals surface area contributed by atoms with Gasteiger partial charge in [-0.3, -0.25) is 9.78 Å². The van der Waals surface area contributed by atoms with Gasteiger partial charge in [0, 0.05) is 57.9 Å². The smallest absolute Gasteiger partial charge is 0.254 e. The molecule has 0 aliphatic carbocycles. The molecule has 1 N–H and O–H groups in total. The lowest BCUT2D eigenvalue weighted by atomic mass is 10.1. The van der Waals surface area contributed by atoms with Gasteiger partial charge < -0.3 is 24.8 Å². The van der Waals surface area contributed by atoms with Crippen LogP contribution in [0.3, 0.4) is 0 Å². The van der Waals surface area contributed by atoms with E-state index in [0.717, 1.165) is 31.4 Å². The number of aromatic nitrogens is 2. The standard InChI is InChI=1S/C26H30F2N6O2/c1-32(17-18-11-20(27)15-21(28)12-18)23-14-19(26(35)34-5-2-3-29-4-6-34)13-22-25(23)31-24(16-30-22)33-7-9-36-10-8-33/h11-16,29H,2-10,17H2,1H3. The number of nitrogens with one attached hydrogen (secondary N) is 1. The molecule has 3 heterocycles. The third kappa shape index (κ3) is 5.39. The van der Waals surface area contributed by atoms with Crippen LogP contribution in [-0.2, 0) is 11.3 Å². The Hall–Kier alpha value is -3.37. The van der Waals surface area contributed by atoms with E-state index in [0.29, 0.717) is 67.2 Å². The highest BCUT2D eigenvalue weighted by Gasteiger charge is 2.22. The van der Waals surface area contributed by atoms with Gasteiger partial charge in [-0.05, 0) is 42.8 Å². The number of hydrogen-bond acceptors (Lipinski definition) is 7. The quantitative estimate of drug-likeness (QED) is 0.582. The zero-order chi connectivity index (χ0) is 25.1. The van der Waals surface area contributed by atoms with Crippen molar-refractivity contribution in [1.29, 1.82) is 0 Å². The summed E-state index contributed by atoms with van der Waals surface area (Å²) >= 11 is 0. The fourth-order valence-electron chi connectivity index (χ4n) is 4.74. The maximum Gasteiger partial charge on any atom is 0.254 e.